The third-order valence-corrected chi connectivity index (χ3v) is 2.66. The lowest BCUT2D eigenvalue weighted by Gasteiger charge is -2.04. The lowest BCUT2D eigenvalue weighted by molar-refractivity contribution is 0.664. The van der Waals surface area contributed by atoms with E-state index in [1.165, 1.54) is 0 Å². The first-order chi connectivity index (χ1) is 7.35. The minimum absolute atomic E-state index is 0.788. The fraction of sp³-hybridized carbons (Fsp3) is 0.300. The number of thioether (sulfide) groups is 1. The Balaban J connectivity index is 2.44. The fourth-order valence-electron chi connectivity index (χ4n) is 1.38. The molecule has 0 saturated carbocycles. The van der Waals surface area contributed by atoms with Crippen molar-refractivity contribution in [1.82, 2.24) is 19.7 Å². The number of nitrogens with zero attached hydrogens (tertiary/aromatic N) is 4. The van der Waals surface area contributed by atoms with Crippen molar-refractivity contribution in [2.45, 2.75) is 18.6 Å². The van der Waals surface area contributed by atoms with Gasteiger partial charge >= 0.3 is 0 Å². The average molecular weight is 220 g/mol. The van der Waals surface area contributed by atoms with E-state index in [0.29, 0.717) is 0 Å². The molecule has 5 heteroatoms. The molecule has 0 bridgehead atoms. The van der Waals surface area contributed by atoms with Crippen LogP contribution in [0.25, 0.3) is 11.4 Å². The van der Waals surface area contributed by atoms with Gasteiger partial charge in [-0.25, -0.2) is 9.97 Å². The van der Waals surface area contributed by atoms with E-state index in [0.717, 1.165) is 23.1 Å². The van der Waals surface area contributed by atoms with Crippen molar-refractivity contribution in [3.8, 4) is 11.4 Å². The van der Waals surface area contributed by atoms with Crippen LogP contribution in [0.4, 0.5) is 0 Å². The number of hydrogen-bond acceptors (Lipinski definition) is 4. The zero-order valence-electron chi connectivity index (χ0n) is 8.71. The minimum atomic E-state index is 0.788. The summed E-state index contributed by atoms with van der Waals surface area (Å²) >= 11 is 1.54. The second-order valence-corrected chi connectivity index (χ2v) is 3.73. The monoisotopic (exact) mass is 220 g/mol. The van der Waals surface area contributed by atoms with Gasteiger partial charge in [0.15, 0.2) is 5.16 Å². The van der Waals surface area contributed by atoms with Crippen LogP contribution in [0, 0.1) is 0 Å². The van der Waals surface area contributed by atoms with Crippen LogP contribution in [0.5, 0.6) is 0 Å². The summed E-state index contributed by atoms with van der Waals surface area (Å²) in [5, 5.41) is 5.00. The van der Waals surface area contributed by atoms with Gasteiger partial charge in [0, 0.05) is 18.9 Å². The Kier molecular flexibility index (Phi) is 3.01. The van der Waals surface area contributed by atoms with Crippen molar-refractivity contribution in [3.63, 3.8) is 0 Å². The van der Waals surface area contributed by atoms with E-state index in [2.05, 4.69) is 22.0 Å². The molecule has 0 aliphatic heterocycles. The number of hydrogen-bond donors (Lipinski definition) is 0. The van der Waals surface area contributed by atoms with Crippen LogP contribution < -0.4 is 0 Å². The highest BCUT2D eigenvalue weighted by Gasteiger charge is 2.06. The summed E-state index contributed by atoms with van der Waals surface area (Å²) in [7, 11) is 0. The molecule has 0 spiro atoms. The molecule has 0 unspecified atom stereocenters. The van der Waals surface area contributed by atoms with Gasteiger partial charge in [0.1, 0.15) is 0 Å². The Hall–Kier alpha value is -1.36. The van der Waals surface area contributed by atoms with Gasteiger partial charge in [-0.3, -0.25) is 4.68 Å². The standard InChI is InChI=1S/C10H12N4S/c1-3-14-9(5-7-12-14)8-4-6-11-10(13-8)15-2/h4-7H,3H2,1-2H3. The van der Waals surface area contributed by atoms with Crippen LogP contribution in [0.3, 0.4) is 0 Å². The molecule has 0 aromatic carbocycles. The summed E-state index contributed by atoms with van der Waals surface area (Å²) in [6.45, 7) is 2.91. The molecular weight excluding hydrogens is 208 g/mol. The molecule has 0 aliphatic carbocycles. The molecule has 2 aromatic heterocycles. The third kappa shape index (κ3) is 2.02. The number of aryl methyl sites for hydroxylation is 1. The quantitative estimate of drug-likeness (QED) is 0.587. The molecule has 2 aromatic rings. The Labute approximate surface area is 92.8 Å². The van der Waals surface area contributed by atoms with Gasteiger partial charge in [0.05, 0.1) is 11.4 Å². The molecule has 4 nitrogen and oxygen atoms in total. The summed E-state index contributed by atoms with van der Waals surface area (Å²) in [5.41, 5.74) is 1.96. The van der Waals surface area contributed by atoms with Gasteiger partial charge in [0.25, 0.3) is 0 Å². The maximum Gasteiger partial charge on any atom is 0.187 e. The zero-order chi connectivity index (χ0) is 10.7. The summed E-state index contributed by atoms with van der Waals surface area (Å²) in [4.78, 5) is 8.58. The third-order valence-electron chi connectivity index (χ3n) is 2.09. The van der Waals surface area contributed by atoms with Crippen LogP contribution in [-0.2, 0) is 6.54 Å². The van der Waals surface area contributed by atoms with Gasteiger partial charge in [-0.1, -0.05) is 11.8 Å². The predicted molar refractivity (Wildman–Crippen MR) is 60.7 cm³/mol. The van der Waals surface area contributed by atoms with Gasteiger partial charge in [-0.2, -0.15) is 5.10 Å². The molecule has 0 N–H and O–H groups in total. The van der Waals surface area contributed by atoms with Crippen LogP contribution >= 0.6 is 11.8 Å². The molecule has 2 heterocycles. The predicted octanol–water partition coefficient (Wildman–Crippen LogP) is 2.08. The Morgan fingerprint density at radius 2 is 2.20 bits per heavy atom. The van der Waals surface area contributed by atoms with Crippen molar-refractivity contribution in [1.29, 1.82) is 0 Å². The second-order valence-electron chi connectivity index (χ2n) is 2.96. The molecule has 0 fully saturated rings. The minimum Gasteiger partial charge on any atom is -0.264 e. The first-order valence-corrected chi connectivity index (χ1v) is 5.97. The van der Waals surface area contributed by atoms with Crippen molar-refractivity contribution in [3.05, 3.63) is 24.5 Å². The molecule has 15 heavy (non-hydrogen) atoms. The van der Waals surface area contributed by atoms with E-state index in [1.807, 2.05) is 23.1 Å². The van der Waals surface area contributed by atoms with E-state index >= 15 is 0 Å². The smallest absolute Gasteiger partial charge is 0.187 e. The average Bonchev–Trinajstić information content (AvgIpc) is 2.77. The van der Waals surface area contributed by atoms with Crippen molar-refractivity contribution < 1.29 is 0 Å². The Bertz CT molecular complexity index is 452. The fourth-order valence-corrected chi connectivity index (χ4v) is 1.74. The highest BCUT2D eigenvalue weighted by Crippen LogP contribution is 2.18. The number of aromatic nitrogens is 4. The molecule has 0 aliphatic rings. The van der Waals surface area contributed by atoms with Gasteiger partial charge in [-0.05, 0) is 25.3 Å². The molecular formula is C10H12N4S. The summed E-state index contributed by atoms with van der Waals surface area (Å²) in [5.74, 6) is 0. The normalized spacial score (nSPS) is 10.5. The van der Waals surface area contributed by atoms with E-state index in [9.17, 15) is 0 Å². The summed E-state index contributed by atoms with van der Waals surface area (Å²) < 4.78 is 1.92. The SMILES string of the molecule is CCn1nccc1-c1ccnc(SC)n1. The second kappa shape index (κ2) is 4.44. The maximum atomic E-state index is 4.43. The molecule has 2 rings (SSSR count). The van der Waals surface area contributed by atoms with E-state index in [-0.39, 0.29) is 0 Å². The molecule has 0 radical (unpaired) electrons. The van der Waals surface area contributed by atoms with E-state index in [4.69, 9.17) is 0 Å². The molecule has 78 valence electrons. The van der Waals surface area contributed by atoms with E-state index in [1.54, 1.807) is 24.2 Å². The van der Waals surface area contributed by atoms with E-state index < -0.39 is 0 Å². The van der Waals surface area contributed by atoms with Crippen LogP contribution in [0.2, 0.25) is 0 Å². The van der Waals surface area contributed by atoms with Gasteiger partial charge in [0.2, 0.25) is 0 Å². The van der Waals surface area contributed by atoms with Crippen LogP contribution in [0.15, 0.2) is 29.7 Å². The highest BCUT2D eigenvalue weighted by atomic mass is 32.2. The molecule has 0 saturated heterocycles. The lowest BCUT2D eigenvalue weighted by Crippen LogP contribution is -2.00. The van der Waals surface area contributed by atoms with Crippen LogP contribution in [0.1, 0.15) is 6.92 Å². The highest BCUT2D eigenvalue weighted by molar-refractivity contribution is 7.98. The number of rotatable bonds is 3. The van der Waals surface area contributed by atoms with Crippen molar-refractivity contribution >= 4 is 11.8 Å². The first-order valence-electron chi connectivity index (χ1n) is 4.74. The topological polar surface area (TPSA) is 43.6 Å². The van der Waals surface area contributed by atoms with Crippen molar-refractivity contribution in [2.75, 3.05) is 6.26 Å². The summed E-state index contributed by atoms with van der Waals surface area (Å²) in [6, 6.07) is 3.87. The lowest BCUT2D eigenvalue weighted by atomic mass is 10.3. The van der Waals surface area contributed by atoms with Crippen LogP contribution in [-0.4, -0.2) is 26.0 Å². The largest absolute Gasteiger partial charge is 0.264 e. The van der Waals surface area contributed by atoms with Gasteiger partial charge in [-0.15, -0.1) is 0 Å². The maximum absolute atomic E-state index is 4.43. The Morgan fingerprint density at radius 1 is 1.33 bits per heavy atom. The van der Waals surface area contributed by atoms with Gasteiger partial charge < -0.3 is 0 Å². The molecule has 0 atom stereocenters. The first kappa shape index (κ1) is 10.2. The zero-order valence-corrected chi connectivity index (χ0v) is 9.53. The summed E-state index contributed by atoms with van der Waals surface area (Å²) in [6.07, 6.45) is 5.54. The Morgan fingerprint density at radius 3 is 2.93 bits per heavy atom. The molecule has 0 amide bonds. The van der Waals surface area contributed by atoms with Crippen molar-refractivity contribution in [2.24, 2.45) is 0 Å².